The van der Waals surface area contributed by atoms with E-state index in [0.29, 0.717) is 0 Å². The van der Waals surface area contributed by atoms with Crippen molar-refractivity contribution in [2.24, 2.45) is 5.41 Å². The first-order valence-electron chi connectivity index (χ1n) is 7.63. The highest BCUT2D eigenvalue weighted by Gasteiger charge is 2.24. The van der Waals surface area contributed by atoms with Crippen LogP contribution in [0.25, 0.3) is 0 Å². The molecule has 1 aliphatic heterocycles. The van der Waals surface area contributed by atoms with E-state index in [0.717, 1.165) is 43.0 Å². The second-order valence-corrected chi connectivity index (χ2v) is 6.65. The summed E-state index contributed by atoms with van der Waals surface area (Å²) in [6.07, 6.45) is 1.97. The Balaban J connectivity index is 2.05. The number of aliphatic hydroxyl groups excluding tert-OH is 1. The summed E-state index contributed by atoms with van der Waals surface area (Å²) in [7, 11) is 1.70. The molecule has 1 aromatic carbocycles. The van der Waals surface area contributed by atoms with E-state index in [1.54, 1.807) is 7.11 Å². The standard InChI is InChI=1S/C17H27NO3/c1-12-7-13-8-15(20-4)9-14(16(13)21-12)10-18-11-17(2,3)5-6-19/h8-9,12,18-19H,5-7,10-11H2,1-4H3. The third kappa shape index (κ3) is 4.11. The molecular formula is C17H27NO3. The maximum absolute atomic E-state index is 9.08. The molecule has 0 spiro atoms. The van der Waals surface area contributed by atoms with E-state index in [-0.39, 0.29) is 18.1 Å². The van der Waals surface area contributed by atoms with Crippen molar-refractivity contribution in [2.45, 2.75) is 46.3 Å². The van der Waals surface area contributed by atoms with Crippen LogP contribution < -0.4 is 14.8 Å². The molecule has 2 N–H and O–H groups in total. The highest BCUT2D eigenvalue weighted by molar-refractivity contribution is 5.49. The number of fused-ring (bicyclic) bond motifs is 1. The molecule has 2 rings (SSSR count). The lowest BCUT2D eigenvalue weighted by Gasteiger charge is -2.24. The van der Waals surface area contributed by atoms with Crippen molar-refractivity contribution < 1.29 is 14.6 Å². The van der Waals surface area contributed by atoms with Gasteiger partial charge in [0.1, 0.15) is 17.6 Å². The zero-order valence-corrected chi connectivity index (χ0v) is 13.5. The summed E-state index contributed by atoms with van der Waals surface area (Å²) >= 11 is 0. The average Bonchev–Trinajstić information content (AvgIpc) is 2.78. The fourth-order valence-corrected chi connectivity index (χ4v) is 2.75. The summed E-state index contributed by atoms with van der Waals surface area (Å²) in [5.41, 5.74) is 2.46. The van der Waals surface area contributed by atoms with Gasteiger partial charge >= 0.3 is 0 Å². The SMILES string of the molecule is COc1cc(CNCC(C)(C)CCO)c2c(c1)CC(C)O2. The fourth-order valence-electron chi connectivity index (χ4n) is 2.75. The number of benzene rings is 1. The van der Waals surface area contributed by atoms with E-state index in [9.17, 15) is 0 Å². The van der Waals surface area contributed by atoms with Crippen molar-refractivity contribution in [3.63, 3.8) is 0 Å². The van der Waals surface area contributed by atoms with Crippen LogP contribution in [-0.2, 0) is 13.0 Å². The molecule has 1 heterocycles. The Kier molecular flexibility index (Phi) is 5.12. The maximum Gasteiger partial charge on any atom is 0.127 e. The minimum Gasteiger partial charge on any atom is -0.497 e. The van der Waals surface area contributed by atoms with Gasteiger partial charge in [0, 0.05) is 37.2 Å². The van der Waals surface area contributed by atoms with E-state index >= 15 is 0 Å². The second kappa shape index (κ2) is 6.67. The number of ether oxygens (including phenoxy) is 2. The number of rotatable bonds is 7. The Morgan fingerprint density at radius 3 is 2.86 bits per heavy atom. The Labute approximate surface area is 127 Å². The van der Waals surface area contributed by atoms with E-state index < -0.39 is 0 Å². The molecule has 21 heavy (non-hydrogen) atoms. The van der Waals surface area contributed by atoms with Gasteiger partial charge in [0.05, 0.1) is 7.11 Å². The lowest BCUT2D eigenvalue weighted by Crippen LogP contribution is -2.30. The molecule has 0 amide bonds. The molecule has 0 radical (unpaired) electrons. The Morgan fingerprint density at radius 1 is 1.43 bits per heavy atom. The second-order valence-electron chi connectivity index (χ2n) is 6.65. The van der Waals surface area contributed by atoms with E-state index in [2.05, 4.69) is 32.2 Å². The predicted molar refractivity (Wildman–Crippen MR) is 84.0 cm³/mol. The summed E-state index contributed by atoms with van der Waals surface area (Å²) in [6, 6.07) is 4.11. The first-order chi connectivity index (χ1) is 9.95. The average molecular weight is 293 g/mol. The van der Waals surface area contributed by atoms with Gasteiger partial charge in [-0.05, 0) is 30.9 Å². The van der Waals surface area contributed by atoms with Crippen molar-refractivity contribution in [1.29, 1.82) is 0 Å². The van der Waals surface area contributed by atoms with Crippen molar-refractivity contribution in [3.05, 3.63) is 23.3 Å². The van der Waals surface area contributed by atoms with Crippen LogP contribution in [0.2, 0.25) is 0 Å². The Hall–Kier alpha value is -1.26. The molecule has 1 aliphatic rings. The van der Waals surface area contributed by atoms with Crippen LogP contribution in [0.3, 0.4) is 0 Å². The van der Waals surface area contributed by atoms with Gasteiger partial charge < -0.3 is 19.9 Å². The van der Waals surface area contributed by atoms with Gasteiger partial charge in [0.15, 0.2) is 0 Å². The van der Waals surface area contributed by atoms with Crippen molar-refractivity contribution >= 4 is 0 Å². The third-order valence-corrected chi connectivity index (χ3v) is 3.99. The highest BCUT2D eigenvalue weighted by Crippen LogP contribution is 2.36. The molecule has 0 aromatic heterocycles. The lowest BCUT2D eigenvalue weighted by atomic mass is 9.89. The Bertz CT molecular complexity index is 485. The number of methoxy groups -OCH3 is 1. The number of aliphatic hydroxyl groups is 1. The minimum absolute atomic E-state index is 0.0882. The highest BCUT2D eigenvalue weighted by atomic mass is 16.5. The molecule has 4 heteroatoms. The molecule has 0 saturated heterocycles. The molecular weight excluding hydrogens is 266 g/mol. The van der Waals surface area contributed by atoms with Gasteiger partial charge in [-0.15, -0.1) is 0 Å². The number of nitrogens with one attached hydrogen (secondary N) is 1. The molecule has 0 aliphatic carbocycles. The lowest BCUT2D eigenvalue weighted by molar-refractivity contribution is 0.206. The van der Waals surface area contributed by atoms with Crippen LogP contribution in [0, 0.1) is 5.41 Å². The number of hydrogen-bond acceptors (Lipinski definition) is 4. The maximum atomic E-state index is 9.08. The Morgan fingerprint density at radius 2 is 2.19 bits per heavy atom. The van der Waals surface area contributed by atoms with Gasteiger partial charge in [-0.1, -0.05) is 13.8 Å². The summed E-state index contributed by atoms with van der Waals surface area (Å²) < 4.78 is 11.3. The zero-order valence-electron chi connectivity index (χ0n) is 13.5. The van der Waals surface area contributed by atoms with Gasteiger partial charge in [-0.2, -0.15) is 0 Å². The largest absolute Gasteiger partial charge is 0.497 e. The molecule has 4 nitrogen and oxygen atoms in total. The van der Waals surface area contributed by atoms with Gasteiger partial charge in [0.25, 0.3) is 0 Å². The quantitative estimate of drug-likeness (QED) is 0.811. The summed E-state index contributed by atoms with van der Waals surface area (Å²) in [5, 5.41) is 12.6. The molecule has 1 atom stereocenters. The topological polar surface area (TPSA) is 50.7 Å². The van der Waals surface area contributed by atoms with E-state index in [4.69, 9.17) is 14.6 Å². The summed E-state index contributed by atoms with van der Waals surface area (Å²) in [5.74, 6) is 1.90. The van der Waals surface area contributed by atoms with Crippen LogP contribution in [0.4, 0.5) is 0 Å². The molecule has 1 unspecified atom stereocenters. The molecule has 0 fully saturated rings. The molecule has 0 saturated carbocycles. The summed E-state index contributed by atoms with van der Waals surface area (Å²) in [4.78, 5) is 0. The van der Waals surface area contributed by atoms with Gasteiger partial charge in [0.2, 0.25) is 0 Å². The van der Waals surface area contributed by atoms with Gasteiger partial charge in [-0.25, -0.2) is 0 Å². The minimum atomic E-state index is 0.0882. The van der Waals surface area contributed by atoms with E-state index in [1.807, 2.05) is 6.07 Å². The normalized spacial score (nSPS) is 17.5. The van der Waals surface area contributed by atoms with Crippen LogP contribution in [0.1, 0.15) is 38.3 Å². The first-order valence-corrected chi connectivity index (χ1v) is 7.63. The third-order valence-electron chi connectivity index (χ3n) is 3.99. The summed E-state index contributed by atoms with van der Waals surface area (Å²) in [6.45, 7) is 8.24. The van der Waals surface area contributed by atoms with Crippen molar-refractivity contribution in [1.82, 2.24) is 5.32 Å². The number of hydrogen-bond donors (Lipinski definition) is 2. The monoisotopic (exact) mass is 293 g/mol. The van der Waals surface area contributed by atoms with E-state index in [1.165, 1.54) is 5.56 Å². The van der Waals surface area contributed by atoms with Crippen LogP contribution in [-0.4, -0.2) is 31.5 Å². The first kappa shape index (κ1) is 16.1. The van der Waals surface area contributed by atoms with Crippen LogP contribution in [0.5, 0.6) is 11.5 Å². The fraction of sp³-hybridized carbons (Fsp3) is 0.647. The molecule has 0 bridgehead atoms. The smallest absolute Gasteiger partial charge is 0.127 e. The van der Waals surface area contributed by atoms with Crippen LogP contribution >= 0.6 is 0 Å². The van der Waals surface area contributed by atoms with Crippen molar-refractivity contribution in [3.8, 4) is 11.5 Å². The van der Waals surface area contributed by atoms with Crippen LogP contribution in [0.15, 0.2) is 12.1 Å². The van der Waals surface area contributed by atoms with Crippen molar-refractivity contribution in [2.75, 3.05) is 20.3 Å². The zero-order chi connectivity index (χ0) is 15.5. The predicted octanol–water partition coefficient (Wildman–Crippen LogP) is 2.52. The molecule has 1 aromatic rings. The molecule has 118 valence electrons. The van der Waals surface area contributed by atoms with Gasteiger partial charge in [-0.3, -0.25) is 0 Å².